The fraction of sp³-hybridized carbons (Fsp3) is 0.400. The number of alkyl halides is 3. The maximum absolute atomic E-state index is 13.4. The molecule has 3 N–H and O–H groups in total. The van der Waals surface area contributed by atoms with Gasteiger partial charge < -0.3 is 10.8 Å². The molecule has 0 aliphatic rings. The van der Waals surface area contributed by atoms with Crippen LogP contribution in [-0.4, -0.2) is 17.3 Å². The Kier molecular flexibility index (Phi) is 6.36. The van der Waals surface area contributed by atoms with Gasteiger partial charge in [-0.3, -0.25) is 0 Å². The van der Waals surface area contributed by atoms with Crippen LogP contribution in [0.5, 0.6) is 0 Å². The van der Waals surface area contributed by atoms with Gasteiger partial charge in [0.2, 0.25) is 0 Å². The number of rotatable bonds is 3. The molecule has 0 saturated carbocycles. The van der Waals surface area contributed by atoms with Crippen molar-refractivity contribution in [2.45, 2.75) is 24.7 Å². The van der Waals surface area contributed by atoms with Crippen molar-refractivity contribution in [3.8, 4) is 0 Å². The fourth-order valence-corrected chi connectivity index (χ4v) is 1.46. The van der Waals surface area contributed by atoms with Crippen LogP contribution in [0.3, 0.4) is 0 Å². The second-order valence-corrected chi connectivity index (χ2v) is 3.95. The molecule has 18 heavy (non-hydrogen) atoms. The summed E-state index contributed by atoms with van der Waals surface area (Å²) in [6.45, 7) is 0. The van der Waals surface area contributed by atoms with Gasteiger partial charge >= 0.3 is 6.18 Å². The van der Waals surface area contributed by atoms with Crippen LogP contribution in [0.1, 0.15) is 18.1 Å². The van der Waals surface area contributed by atoms with Crippen molar-refractivity contribution >= 4 is 24.0 Å². The van der Waals surface area contributed by atoms with Gasteiger partial charge in [0.1, 0.15) is 11.9 Å². The van der Waals surface area contributed by atoms with Gasteiger partial charge in [-0.05, 0) is 6.07 Å². The third-order valence-corrected chi connectivity index (χ3v) is 2.53. The number of hydrogen-bond donors (Lipinski definition) is 2. The molecule has 1 aromatic rings. The maximum Gasteiger partial charge on any atom is 0.403 e. The van der Waals surface area contributed by atoms with E-state index in [9.17, 15) is 22.7 Å². The molecule has 0 saturated heterocycles. The number of aliphatic hydroxyl groups excluding tert-OH is 1. The molecule has 0 unspecified atom stereocenters. The molecule has 2 atom stereocenters. The number of aliphatic hydroxyl groups is 1. The molecule has 8 heteroatoms. The fourth-order valence-electron chi connectivity index (χ4n) is 1.28. The van der Waals surface area contributed by atoms with Gasteiger partial charge in [-0.2, -0.15) is 13.2 Å². The molecule has 0 bridgehead atoms. The number of halogens is 6. The van der Waals surface area contributed by atoms with Gasteiger partial charge in [0.25, 0.3) is 0 Å². The molecule has 0 aromatic heterocycles. The van der Waals surface area contributed by atoms with Gasteiger partial charge in [-0.25, -0.2) is 4.39 Å². The van der Waals surface area contributed by atoms with Crippen molar-refractivity contribution in [3.05, 3.63) is 34.6 Å². The van der Waals surface area contributed by atoms with E-state index in [1.807, 2.05) is 0 Å². The zero-order chi connectivity index (χ0) is 13.2. The van der Waals surface area contributed by atoms with Gasteiger partial charge in [0.05, 0.1) is 11.1 Å². The van der Waals surface area contributed by atoms with Gasteiger partial charge in [0, 0.05) is 12.0 Å². The van der Waals surface area contributed by atoms with Crippen LogP contribution in [0.15, 0.2) is 18.2 Å². The van der Waals surface area contributed by atoms with Crippen LogP contribution in [-0.2, 0) is 0 Å². The summed E-state index contributed by atoms with van der Waals surface area (Å²) in [6.07, 6.45) is -7.10. The molecule has 0 radical (unpaired) electrons. The maximum atomic E-state index is 13.4. The molecule has 1 rings (SSSR count). The van der Waals surface area contributed by atoms with Crippen molar-refractivity contribution in [1.82, 2.24) is 0 Å². The highest BCUT2D eigenvalue weighted by atomic mass is 35.5. The molecule has 0 spiro atoms. The van der Waals surface area contributed by atoms with Crippen LogP contribution in [0.2, 0.25) is 5.02 Å². The lowest BCUT2D eigenvalue weighted by molar-refractivity contribution is -0.154. The predicted octanol–water partition coefficient (Wildman–Crippen LogP) is 3.21. The Hall–Kier alpha value is -0.560. The summed E-state index contributed by atoms with van der Waals surface area (Å²) in [7, 11) is 0. The van der Waals surface area contributed by atoms with Crippen molar-refractivity contribution in [2.75, 3.05) is 0 Å². The van der Waals surface area contributed by atoms with E-state index in [1.165, 1.54) is 12.1 Å². The predicted molar refractivity (Wildman–Crippen MR) is 62.3 cm³/mol. The minimum atomic E-state index is -4.63. The zero-order valence-electron chi connectivity index (χ0n) is 8.92. The first-order chi connectivity index (χ1) is 7.73. The molecule has 0 aliphatic heterocycles. The van der Waals surface area contributed by atoms with E-state index in [2.05, 4.69) is 0 Å². The van der Waals surface area contributed by atoms with Crippen molar-refractivity contribution in [2.24, 2.45) is 5.73 Å². The number of benzene rings is 1. The summed E-state index contributed by atoms with van der Waals surface area (Å²) in [5.41, 5.74) is 4.54. The first-order valence-corrected chi connectivity index (χ1v) is 5.05. The minimum absolute atomic E-state index is 0. The normalized spacial score (nSPS) is 14.8. The third-order valence-electron chi connectivity index (χ3n) is 2.24. The summed E-state index contributed by atoms with van der Waals surface area (Å²) in [5, 5.41) is 9.22. The topological polar surface area (TPSA) is 46.2 Å². The van der Waals surface area contributed by atoms with E-state index in [1.54, 1.807) is 0 Å². The molecular weight excluding hydrogens is 297 g/mol. The van der Waals surface area contributed by atoms with Gasteiger partial charge in [-0.1, -0.05) is 23.7 Å². The smallest absolute Gasteiger partial charge is 0.388 e. The van der Waals surface area contributed by atoms with Crippen LogP contribution in [0.25, 0.3) is 0 Å². The second-order valence-electron chi connectivity index (χ2n) is 3.54. The van der Waals surface area contributed by atoms with Gasteiger partial charge in [0.15, 0.2) is 0 Å². The van der Waals surface area contributed by atoms with E-state index in [0.29, 0.717) is 0 Å². The van der Waals surface area contributed by atoms with Crippen molar-refractivity contribution in [3.63, 3.8) is 0 Å². The highest BCUT2D eigenvalue weighted by Gasteiger charge is 2.38. The summed E-state index contributed by atoms with van der Waals surface area (Å²) in [6, 6.07) is 1.52. The van der Waals surface area contributed by atoms with Crippen LogP contribution >= 0.6 is 24.0 Å². The van der Waals surface area contributed by atoms with E-state index >= 15 is 0 Å². The highest BCUT2D eigenvalue weighted by molar-refractivity contribution is 6.30. The van der Waals surface area contributed by atoms with Crippen molar-refractivity contribution < 1.29 is 22.7 Å². The van der Waals surface area contributed by atoms with E-state index in [4.69, 9.17) is 17.3 Å². The molecular formula is C10H11Cl2F4NO. The lowest BCUT2D eigenvalue weighted by Crippen LogP contribution is -2.38. The summed E-state index contributed by atoms with van der Waals surface area (Å²) < 4.78 is 49.8. The molecule has 2 nitrogen and oxygen atoms in total. The second kappa shape index (κ2) is 6.56. The van der Waals surface area contributed by atoms with E-state index < -0.39 is 30.6 Å². The number of hydrogen-bond acceptors (Lipinski definition) is 2. The third kappa shape index (κ3) is 4.28. The SMILES string of the molecule is Cl.N[C@H](C[C@H](O)c1cccc(Cl)c1F)C(F)(F)F. The standard InChI is InChI=1S/C10H10ClF4NO.ClH/c11-6-3-1-2-5(9(6)12)7(17)4-8(16)10(13,14)15;/h1-3,7-8,17H,4,16H2;1H/t7-,8+;/m0./s1. The molecule has 1 aromatic carbocycles. The summed E-state index contributed by atoms with van der Waals surface area (Å²) in [5.74, 6) is -0.934. The monoisotopic (exact) mass is 307 g/mol. The lowest BCUT2D eigenvalue weighted by Gasteiger charge is -2.19. The molecule has 0 amide bonds. The first-order valence-electron chi connectivity index (χ1n) is 4.67. The quantitative estimate of drug-likeness (QED) is 0.842. The minimum Gasteiger partial charge on any atom is -0.388 e. The highest BCUT2D eigenvalue weighted by Crippen LogP contribution is 2.29. The molecule has 0 fully saturated rings. The Morgan fingerprint density at radius 3 is 2.39 bits per heavy atom. The molecule has 104 valence electrons. The van der Waals surface area contributed by atoms with Gasteiger partial charge in [-0.15, -0.1) is 12.4 Å². The molecule has 0 aliphatic carbocycles. The largest absolute Gasteiger partial charge is 0.403 e. The Labute approximate surface area is 112 Å². The average Bonchev–Trinajstić information content (AvgIpc) is 2.20. The Bertz CT molecular complexity index is 400. The number of nitrogens with two attached hydrogens (primary N) is 1. The first kappa shape index (κ1) is 17.4. The Balaban J connectivity index is 0.00000289. The Morgan fingerprint density at radius 2 is 1.89 bits per heavy atom. The molecule has 0 heterocycles. The average molecular weight is 308 g/mol. The van der Waals surface area contributed by atoms with Crippen LogP contribution < -0.4 is 5.73 Å². The van der Waals surface area contributed by atoms with Crippen LogP contribution in [0, 0.1) is 5.82 Å². The van der Waals surface area contributed by atoms with E-state index in [0.717, 1.165) is 6.07 Å². The summed E-state index contributed by atoms with van der Waals surface area (Å²) in [4.78, 5) is 0. The van der Waals surface area contributed by atoms with Crippen molar-refractivity contribution in [1.29, 1.82) is 0 Å². The Morgan fingerprint density at radius 1 is 1.33 bits per heavy atom. The summed E-state index contributed by atoms with van der Waals surface area (Å²) >= 11 is 5.44. The zero-order valence-corrected chi connectivity index (χ0v) is 10.5. The lowest BCUT2D eigenvalue weighted by atomic mass is 10.0. The van der Waals surface area contributed by atoms with E-state index in [-0.39, 0.29) is 23.0 Å². The van der Waals surface area contributed by atoms with Crippen LogP contribution in [0.4, 0.5) is 17.6 Å².